The third-order valence-corrected chi connectivity index (χ3v) is 3.17. The fourth-order valence-electron chi connectivity index (χ4n) is 1.42. The SMILES string of the molecule is Fc1cccc(Oc2cccc(I)c2)c1CCl. The zero-order valence-electron chi connectivity index (χ0n) is 8.79. The Kier molecular flexibility index (Phi) is 4.23. The van der Waals surface area contributed by atoms with Crippen molar-refractivity contribution in [3.63, 3.8) is 0 Å². The minimum atomic E-state index is -0.344. The van der Waals surface area contributed by atoms with Gasteiger partial charge in [-0.2, -0.15) is 0 Å². The highest BCUT2D eigenvalue weighted by atomic mass is 127. The van der Waals surface area contributed by atoms with Crippen molar-refractivity contribution in [3.8, 4) is 11.5 Å². The van der Waals surface area contributed by atoms with Crippen LogP contribution in [0.2, 0.25) is 0 Å². The van der Waals surface area contributed by atoms with Gasteiger partial charge in [0.15, 0.2) is 0 Å². The maximum absolute atomic E-state index is 13.5. The fourth-order valence-corrected chi connectivity index (χ4v) is 2.20. The molecule has 0 amide bonds. The van der Waals surface area contributed by atoms with E-state index in [1.54, 1.807) is 12.1 Å². The minimum absolute atomic E-state index is 0.0892. The van der Waals surface area contributed by atoms with E-state index in [9.17, 15) is 4.39 Å². The molecule has 0 saturated carbocycles. The van der Waals surface area contributed by atoms with Crippen LogP contribution < -0.4 is 4.74 Å². The Labute approximate surface area is 118 Å². The lowest BCUT2D eigenvalue weighted by Crippen LogP contribution is -1.93. The van der Waals surface area contributed by atoms with Crippen molar-refractivity contribution in [1.29, 1.82) is 0 Å². The number of rotatable bonds is 3. The molecule has 2 aromatic rings. The second kappa shape index (κ2) is 5.69. The van der Waals surface area contributed by atoms with Crippen LogP contribution in [-0.2, 0) is 5.88 Å². The summed E-state index contributed by atoms with van der Waals surface area (Å²) in [5.41, 5.74) is 0.382. The maximum atomic E-state index is 13.5. The van der Waals surface area contributed by atoms with Crippen LogP contribution >= 0.6 is 34.2 Å². The second-order valence-electron chi connectivity index (χ2n) is 3.41. The molecule has 0 heterocycles. The second-order valence-corrected chi connectivity index (χ2v) is 4.92. The zero-order valence-corrected chi connectivity index (χ0v) is 11.7. The molecule has 0 aromatic heterocycles. The van der Waals surface area contributed by atoms with E-state index in [4.69, 9.17) is 16.3 Å². The first-order valence-electron chi connectivity index (χ1n) is 4.97. The van der Waals surface area contributed by atoms with E-state index < -0.39 is 0 Å². The molecular formula is C13H9ClFIO. The molecule has 17 heavy (non-hydrogen) atoms. The highest BCUT2D eigenvalue weighted by Gasteiger charge is 2.09. The molecule has 88 valence electrons. The minimum Gasteiger partial charge on any atom is -0.457 e. The monoisotopic (exact) mass is 362 g/mol. The van der Waals surface area contributed by atoms with Crippen LogP contribution in [-0.4, -0.2) is 0 Å². The quantitative estimate of drug-likeness (QED) is 0.554. The first-order chi connectivity index (χ1) is 8.20. The van der Waals surface area contributed by atoms with E-state index in [1.165, 1.54) is 6.07 Å². The molecule has 2 aromatic carbocycles. The Morgan fingerprint density at radius 3 is 2.65 bits per heavy atom. The van der Waals surface area contributed by atoms with Crippen molar-refractivity contribution >= 4 is 34.2 Å². The average Bonchev–Trinajstić information content (AvgIpc) is 2.29. The van der Waals surface area contributed by atoms with E-state index in [0.717, 1.165) is 3.57 Å². The average molecular weight is 363 g/mol. The van der Waals surface area contributed by atoms with Gasteiger partial charge in [-0.25, -0.2) is 4.39 Å². The summed E-state index contributed by atoms with van der Waals surface area (Å²) in [6.45, 7) is 0. The molecule has 1 nitrogen and oxygen atoms in total. The predicted octanol–water partition coefficient (Wildman–Crippen LogP) is 4.96. The van der Waals surface area contributed by atoms with Gasteiger partial charge in [0.25, 0.3) is 0 Å². The number of benzene rings is 2. The smallest absolute Gasteiger partial charge is 0.134 e. The van der Waals surface area contributed by atoms with Gasteiger partial charge < -0.3 is 4.74 Å². The molecule has 2 rings (SSSR count). The number of hydrogen-bond acceptors (Lipinski definition) is 1. The molecule has 4 heteroatoms. The van der Waals surface area contributed by atoms with Gasteiger partial charge in [-0.15, -0.1) is 11.6 Å². The molecule has 0 atom stereocenters. The van der Waals surface area contributed by atoms with Crippen LogP contribution in [0, 0.1) is 9.39 Å². The molecule has 0 unspecified atom stereocenters. The van der Waals surface area contributed by atoms with E-state index in [1.807, 2.05) is 24.3 Å². The summed E-state index contributed by atoms with van der Waals surface area (Å²) in [4.78, 5) is 0. The van der Waals surface area contributed by atoms with Crippen molar-refractivity contribution in [3.05, 3.63) is 57.4 Å². The van der Waals surface area contributed by atoms with Crippen molar-refractivity contribution in [2.45, 2.75) is 5.88 Å². The Morgan fingerprint density at radius 2 is 1.94 bits per heavy atom. The fraction of sp³-hybridized carbons (Fsp3) is 0.0769. The molecule has 0 radical (unpaired) electrons. The standard InChI is InChI=1S/C13H9ClFIO/c14-8-11-12(15)5-2-6-13(11)17-10-4-1-3-9(16)7-10/h1-7H,8H2. The molecule has 0 fully saturated rings. The molecule has 0 bridgehead atoms. The van der Waals surface area contributed by atoms with Crippen LogP contribution in [0.1, 0.15) is 5.56 Å². The predicted molar refractivity (Wildman–Crippen MR) is 75.2 cm³/mol. The van der Waals surface area contributed by atoms with Crippen LogP contribution in [0.3, 0.4) is 0 Å². The first kappa shape index (κ1) is 12.6. The number of halogens is 3. The van der Waals surface area contributed by atoms with Crippen LogP contribution in [0.5, 0.6) is 11.5 Å². The van der Waals surface area contributed by atoms with Gasteiger partial charge in [0.2, 0.25) is 0 Å². The van der Waals surface area contributed by atoms with Gasteiger partial charge in [-0.3, -0.25) is 0 Å². The van der Waals surface area contributed by atoms with Crippen LogP contribution in [0.25, 0.3) is 0 Å². The molecule has 0 aliphatic rings. The number of hydrogen-bond donors (Lipinski definition) is 0. The van der Waals surface area contributed by atoms with E-state index in [0.29, 0.717) is 17.1 Å². The summed E-state index contributed by atoms with van der Waals surface area (Å²) < 4.78 is 20.2. The zero-order chi connectivity index (χ0) is 12.3. The summed E-state index contributed by atoms with van der Waals surface area (Å²) in [6.07, 6.45) is 0. The van der Waals surface area contributed by atoms with E-state index in [-0.39, 0.29) is 11.7 Å². The normalized spacial score (nSPS) is 10.3. The largest absolute Gasteiger partial charge is 0.457 e. The molecule has 0 saturated heterocycles. The molecule has 0 aliphatic heterocycles. The topological polar surface area (TPSA) is 9.23 Å². The van der Waals surface area contributed by atoms with Gasteiger partial charge in [-0.05, 0) is 52.9 Å². The number of ether oxygens (including phenoxy) is 1. The molecule has 0 N–H and O–H groups in total. The highest BCUT2D eigenvalue weighted by Crippen LogP contribution is 2.29. The summed E-state index contributed by atoms with van der Waals surface area (Å²) in [5, 5.41) is 0. The Bertz CT molecular complexity index is 531. The lowest BCUT2D eigenvalue weighted by molar-refractivity contribution is 0.470. The van der Waals surface area contributed by atoms with Crippen molar-refractivity contribution < 1.29 is 9.13 Å². The van der Waals surface area contributed by atoms with Gasteiger partial charge in [0, 0.05) is 9.13 Å². The third-order valence-electron chi connectivity index (χ3n) is 2.23. The van der Waals surface area contributed by atoms with Gasteiger partial charge >= 0.3 is 0 Å². The lowest BCUT2D eigenvalue weighted by atomic mass is 10.2. The number of alkyl halides is 1. The van der Waals surface area contributed by atoms with E-state index >= 15 is 0 Å². The van der Waals surface area contributed by atoms with Crippen molar-refractivity contribution in [1.82, 2.24) is 0 Å². The lowest BCUT2D eigenvalue weighted by Gasteiger charge is -2.10. The summed E-state index contributed by atoms with van der Waals surface area (Å²) in [6, 6.07) is 12.2. The van der Waals surface area contributed by atoms with Gasteiger partial charge in [0.1, 0.15) is 17.3 Å². The molecule has 0 spiro atoms. The molecule has 0 aliphatic carbocycles. The highest BCUT2D eigenvalue weighted by molar-refractivity contribution is 14.1. The van der Waals surface area contributed by atoms with Crippen molar-refractivity contribution in [2.75, 3.05) is 0 Å². The summed E-state index contributed by atoms with van der Waals surface area (Å²) in [7, 11) is 0. The Morgan fingerprint density at radius 1 is 1.18 bits per heavy atom. The van der Waals surface area contributed by atoms with E-state index in [2.05, 4.69) is 22.6 Å². The van der Waals surface area contributed by atoms with Gasteiger partial charge in [0.05, 0.1) is 5.88 Å². The van der Waals surface area contributed by atoms with Crippen LogP contribution in [0.15, 0.2) is 42.5 Å². The molecular weight excluding hydrogens is 353 g/mol. The van der Waals surface area contributed by atoms with Crippen LogP contribution in [0.4, 0.5) is 4.39 Å². The third kappa shape index (κ3) is 3.10. The Hall–Kier alpha value is -0.810. The Balaban J connectivity index is 2.33. The maximum Gasteiger partial charge on any atom is 0.134 e. The van der Waals surface area contributed by atoms with Crippen molar-refractivity contribution in [2.24, 2.45) is 0 Å². The summed E-state index contributed by atoms with van der Waals surface area (Å²) in [5.74, 6) is 0.880. The summed E-state index contributed by atoms with van der Waals surface area (Å²) >= 11 is 7.91. The first-order valence-corrected chi connectivity index (χ1v) is 6.59. The van der Waals surface area contributed by atoms with Gasteiger partial charge in [-0.1, -0.05) is 12.1 Å².